The molecule has 39 heavy (non-hydrogen) atoms. The Morgan fingerprint density at radius 3 is 2.33 bits per heavy atom. The number of carboxylic acid groups (broad SMARTS) is 1. The van der Waals surface area contributed by atoms with Crippen molar-refractivity contribution in [3.63, 3.8) is 0 Å². The van der Waals surface area contributed by atoms with E-state index in [1.807, 2.05) is 0 Å². The number of aliphatic carboxylic acids is 1. The summed E-state index contributed by atoms with van der Waals surface area (Å²) in [5, 5.41) is 21.9. The van der Waals surface area contributed by atoms with Gasteiger partial charge in [-0.25, -0.2) is 14.4 Å². The van der Waals surface area contributed by atoms with Crippen LogP contribution in [0.3, 0.4) is 0 Å². The molecule has 0 bridgehead atoms. The van der Waals surface area contributed by atoms with Crippen LogP contribution in [0.25, 0.3) is 0 Å². The third kappa shape index (κ3) is 12.0. The van der Waals surface area contributed by atoms with Crippen molar-refractivity contribution >= 4 is 34.1 Å². The van der Waals surface area contributed by atoms with Gasteiger partial charge in [0.15, 0.2) is 6.10 Å². The molecule has 1 aromatic rings. The summed E-state index contributed by atoms with van der Waals surface area (Å²) in [6.45, 7) is 5.80. The summed E-state index contributed by atoms with van der Waals surface area (Å²) in [4.78, 5) is 46.4. The van der Waals surface area contributed by atoms with Crippen molar-refractivity contribution in [1.82, 2.24) is 5.32 Å². The predicted molar refractivity (Wildman–Crippen MR) is 138 cm³/mol. The van der Waals surface area contributed by atoms with E-state index in [2.05, 4.69) is 5.32 Å². The second-order valence-electron chi connectivity index (χ2n) is 9.16. The number of benzene rings is 1. The minimum atomic E-state index is -4.13. The van der Waals surface area contributed by atoms with Gasteiger partial charge in [0.2, 0.25) is 5.91 Å². The van der Waals surface area contributed by atoms with Crippen LogP contribution in [-0.2, 0) is 33.4 Å². The number of esters is 1. The van der Waals surface area contributed by atoms with Crippen molar-refractivity contribution in [2.24, 2.45) is 5.41 Å². The number of hydrogen-bond donors (Lipinski definition) is 3. The van der Waals surface area contributed by atoms with Crippen molar-refractivity contribution in [1.29, 1.82) is 0 Å². The van der Waals surface area contributed by atoms with Crippen molar-refractivity contribution < 1.29 is 56.2 Å². The maximum atomic E-state index is 12.5. The summed E-state index contributed by atoms with van der Waals surface area (Å²) < 4.78 is 45.4. The van der Waals surface area contributed by atoms with Crippen molar-refractivity contribution in [3.05, 3.63) is 29.8 Å². The molecule has 0 fully saturated rings. The number of aliphatic hydroxyl groups excluding tert-OH is 1. The van der Waals surface area contributed by atoms with E-state index < -0.39 is 51.6 Å². The Kier molecular flexibility index (Phi) is 13.9. The van der Waals surface area contributed by atoms with Crippen LogP contribution < -0.4 is 10.1 Å². The highest BCUT2D eigenvalue weighted by atomic mass is 32.2. The van der Waals surface area contributed by atoms with Gasteiger partial charge < -0.3 is 29.7 Å². The molecule has 0 heterocycles. The lowest BCUT2D eigenvalue weighted by atomic mass is 9.78. The molecule has 0 saturated heterocycles. The molecule has 0 aliphatic heterocycles. The molecular weight excluding hydrogens is 538 g/mol. The second-order valence-corrected chi connectivity index (χ2v) is 10.9. The van der Waals surface area contributed by atoms with Crippen LogP contribution in [0.1, 0.15) is 63.7 Å². The molecule has 0 aliphatic rings. The van der Waals surface area contributed by atoms with E-state index in [1.54, 1.807) is 19.1 Å². The summed E-state index contributed by atoms with van der Waals surface area (Å²) in [7, 11) is -4.13. The van der Waals surface area contributed by atoms with E-state index in [0.29, 0.717) is 0 Å². The minimum absolute atomic E-state index is 0.0202. The van der Waals surface area contributed by atoms with Crippen LogP contribution in [0.15, 0.2) is 24.3 Å². The Morgan fingerprint density at radius 2 is 1.72 bits per heavy atom. The lowest BCUT2D eigenvalue weighted by Crippen LogP contribution is -2.47. The van der Waals surface area contributed by atoms with E-state index >= 15 is 0 Å². The first-order chi connectivity index (χ1) is 18.2. The smallest absolute Gasteiger partial charge is 0.479 e. The monoisotopic (exact) mass is 575 g/mol. The van der Waals surface area contributed by atoms with E-state index in [-0.39, 0.29) is 62.7 Å². The number of carbonyl (C=O) groups excluding carboxylic acids is 3. The number of ether oxygens (including phenoxy) is 3. The van der Waals surface area contributed by atoms with Gasteiger partial charge in [-0.15, -0.1) is 0 Å². The number of unbranched alkanes of at least 4 members (excludes halogenated alkanes) is 1. The summed E-state index contributed by atoms with van der Waals surface area (Å²) in [5.74, 6) is -2.98. The highest BCUT2D eigenvalue weighted by molar-refractivity contribution is 7.86. The Bertz CT molecular complexity index is 1090. The van der Waals surface area contributed by atoms with Crippen LogP contribution in [0, 0.1) is 5.41 Å². The fourth-order valence-electron chi connectivity index (χ4n) is 3.42. The lowest BCUT2D eigenvalue weighted by molar-refractivity contribution is -0.158. The van der Waals surface area contributed by atoms with Crippen LogP contribution in [0.5, 0.6) is 5.75 Å². The Morgan fingerprint density at radius 1 is 1.05 bits per heavy atom. The van der Waals surface area contributed by atoms with Gasteiger partial charge in [-0.05, 0) is 44.7 Å². The lowest BCUT2D eigenvalue weighted by Gasteiger charge is -2.35. The molecule has 1 amide bonds. The largest absolute Gasteiger partial charge is 0.513 e. The predicted octanol–water partition coefficient (Wildman–Crippen LogP) is 2.26. The van der Waals surface area contributed by atoms with E-state index in [4.69, 9.17) is 18.4 Å². The van der Waals surface area contributed by atoms with Gasteiger partial charge in [0.05, 0.1) is 25.1 Å². The van der Waals surface area contributed by atoms with E-state index in [9.17, 15) is 37.8 Å². The maximum absolute atomic E-state index is 12.5. The summed E-state index contributed by atoms with van der Waals surface area (Å²) in [6.07, 6.45) is -3.62. The van der Waals surface area contributed by atoms with Gasteiger partial charge in [-0.3, -0.25) is 8.98 Å². The molecule has 1 rings (SSSR count). The standard InChI is InChI=1S/C25H37NO12S/c1-5-35-23(31)18-11-6-7-12-19(18)37-24(32)36-15-9-8-13-20(25(3,4)21(28)22(29)30)38-39(33,34)16-10-14-26-17(2)27/h6-7,11-12,20-21,28H,5,8-10,13-16H2,1-4H3,(H,26,27)(H,29,30)/t20?,21-/m0/s1. The molecule has 0 radical (unpaired) electrons. The van der Waals surface area contributed by atoms with Crippen LogP contribution >= 0.6 is 0 Å². The van der Waals surface area contributed by atoms with Gasteiger partial charge in [0.1, 0.15) is 11.3 Å². The van der Waals surface area contributed by atoms with Crippen molar-refractivity contribution in [2.75, 3.05) is 25.5 Å². The van der Waals surface area contributed by atoms with Crippen LogP contribution in [-0.4, -0.2) is 80.4 Å². The summed E-state index contributed by atoms with van der Waals surface area (Å²) in [5.41, 5.74) is -1.44. The van der Waals surface area contributed by atoms with Crippen molar-refractivity contribution in [3.8, 4) is 5.75 Å². The average Bonchev–Trinajstić information content (AvgIpc) is 2.85. The number of carbonyl (C=O) groups is 4. The second kappa shape index (κ2) is 16.0. The molecule has 220 valence electrons. The summed E-state index contributed by atoms with van der Waals surface area (Å²) >= 11 is 0. The molecule has 0 saturated carbocycles. The fraction of sp³-hybridized carbons (Fsp3) is 0.600. The minimum Gasteiger partial charge on any atom is -0.479 e. The molecule has 0 spiro atoms. The molecular formula is C25H37NO12S. The highest BCUT2D eigenvalue weighted by Crippen LogP contribution is 2.33. The number of carboxylic acids is 1. The third-order valence-corrected chi connectivity index (χ3v) is 6.95. The van der Waals surface area contributed by atoms with Gasteiger partial charge in [-0.1, -0.05) is 26.0 Å². The number of rotatable bonds is 17. The van der Waals surface area contributed by atoms with Gasteiger partial charge in [0.25, 0.3) is 10.1 Å². The SMILES string of the molecule is CCOC(=O)c1ccccc1OC(=O)OCCCCC(OS(=O)(=O)CCCNC(C)=O)C(C)(C)[C@@H](O)C(=O)O. The first-order valence-corrected chi connectivity index (χ1v) is 14.0. The van der Waals surface area contributed by atoms with Gasteiger partial charge >= 0.3 is 18.1 Å². The highest BCUT2D eigenvalue weighted by Gasteiger charge is 2.43. The van der Waals surface area contributed by atoms with E-state index in [0.717, 1.165) is 0 Å². The van der Waals surface area contributed by atoms with Crippen LogP contribution in [0.2, 0.25) is 0 Å². The number of amides is 1. The molecule has 2 atom stereocenters. The molecule has 14 heteroatoms. The van der Waals surface area contributed by atoms with Gasteiger partial charge in [0, 0.05) is 18.9 Å². The summed E-state index contributed by atoms with van der Waals surface area (Å²) in [6, 6.07) is 5.98. The maximum Gasteiger partial charge on any atom is 0.513 e. The number of hydrogen-bond acceptors (Lipinski definition) is 11. The molecule has 1 unspecified atom stereocenters. The molecule has 0 aromatic heterocycles. The zero-order valence-electron chi connectivity index (χ0n) is 22.5. The van der Waals surface area contributed by atoms with E-state index in [1.165, 1.54) is 32.9 Å². The van der Waals surface area contributed by atoms with Gasteiger partial charge in [-0.2, -0.15) is 8.42 Å². The molecule has 3 N–H and O–H groups in total. The first kappa shape index (κ1) is 33.8. The Hall–Kier alpha value is -3.23. The van der Waals surface area contributed by atoms with Crippen molar-refractivity contribution in [2.45, 2.75) is 65.6 Å². The number of aliphatic hydroxyl groups is 1. The normalized spacial score (nSPS) is 13.2. The quantitative estimate of drug-likeness (QED) is 0.106. The Balaban J connectivity index is 2.72. The fourth-order valence-corrected chi connectivity index (χ4v) is 4.71. The number of para-hydroxylation sites is 1. The average molecular weight is 576 g/mol. The topological polar surface area (TPSA) is 192 Å². The number of nitrogens with one attached hydrogen (secondary N) is 1. The molecule has 13 nitrogen and oxygen atoms in total. The third-order valence-electron chi connectivity index (χ3n) is 5.63. The molecule has 0 aliphatic carbocycles. The van der Waals surface area contributed by atoms with Crippen LogP contribution in [0.4, 0.5) is 4.79 Å². The zero-order chi connectivity index (χ0) is 29.6. The Labute approximate surface area is 227 Å². The first-order valence-electron chi connectivity index (χ1n) is 12.4. The zero-order valence-corrected chi connectivity index (χ0v) is 23.3. The molecule has 1 aromatic carbocycles.